The maximum absolute atomic E-state index is 12.8. The molecule has 0 radical (unpaired) electrons. The molecule has 120 valence electrons. The van der Waals surface area contributed by atoms with Crippen LogP contribution in [0.1, 0.15) is 32.3 Å². The summed E-state index contributed by atoms with van der Waals surface area (Å²) in [6, 6.07) is 7.48. The van der Waals surface area contributed by atoms with E-state index in [-0.39, 0.29) is 23.3 Å². The first-order valence-electron chi connectivity index (χ1n) is 7.80. The number of hydrogen-bond donors (Lipinski definition) is 2. The topological polar surface area (TPSA) is 64.3 Å². The Morgan fingerprint density at radius 1 is 1.50 bits per heavy atom. The molecule has 1 aliphatic heterocycles. The van der Waals surface area contributed by atoms with E-state index in [1.807, 2.05) is 38.1 Å². The van der Waals surface area contributed by atoms with Gasteiger partial charge in [0.2, 0.25) is 5.91 Å². The molecule has 4 nitrogen and oxygen atoms in total. The SMILES string of the molecule is CC1(C)C2OCCCC2C1(N)C(=O)NCc1cccc(Cl)c1. The van der Waals surface area contributed by atoms with Crippen molar-refractivity contribution < 1.29 is 9.53 Å². The maximum Gasteiger partial charge on any atom is 0.241 e. The third-order valence-corrected chi connectivity index (χ3v) is 5.64. The predicted molar refractivity (Wildman–Crippen MR) is 86.5 cm³/mol. The minimum absolute atomic E-state index is 0.0863. The van der Waals surface area contributed by atoms with Crippen LogP contribution in [0.2, 0.25) is 5.02 Å². The molecule has 3 unspecified atom stereocenters. The Morgan fingerprint density at radius 3 is 3.00 bits per heavy atom. The minimum Gasteiger partial charge on any atom is -0.377 e. The minimum atomic E-state index is -0.864. The highest BCUT2D eigenvalue weighted by Crippen LogP contribution is 2.57. The molecule has 3 rings (SSSR count). The van der Waals surface area contributed by atoms with E-state index in [9.17, 15) is 4.79 Å². The van der Waals surface area contributed by atoms with Crippen molar-refractivity contribution in [2.24, 2.45) is 17.1 Å². The van der Waals surface area contributed by atoms with Crippen LogP contribution in [0.25, 0.3) is 0 Å². The van der Waals surface area contributed by atoms with Gasteiger partial charge in [0.1, 0.15) is 5.54 Å². The molecule has 2 fully saturated rings. The largest absolute Gasteiger partial charge is 0.377 e. The Morgan fingerprint density at radius 2 is 2.27 bits per heavy atom. The summed E-state index contributed by atoms with van der Waals surface area (Å²) in [5, 5.41) is 3.64. The number of fused-ring (bicyclic) bond motifs is 1. The number of hydrogen-bond acceptors (Lipinski definition) is 3. The van der Waals surface area contributed by atoms with Crippen molar-refractivity contribution >= 4 is 17.5 Å². The lowest BCUT2D eigenvalue weighted by Crippen LogP contribution is -2.82. The zero-order chi connectivity index (χ0) is 16.0. The summed E-state index contributed by atoms with van der Waals surface area (Å²) in [6.45, 7) is 5.26. The lowest BCUT2D eigenvalue weighted by atomic mass is 9.46. The highest BCUT2D eigenvalue weighted by molar-refractivity contribution is 6.30. The van der Waals surface area contributed by atoms with Crippen molar-refractivity contribution in [1.29, 1.82) is 0 Å². The second kappa shape index (κ2) is 5.52. The molecule has 1 aromatic rings. The second-order valence-corrected chi connectivity index (χ2v) is 7.38. The molecular weight excluding hydrogens is 300 g/mol. The number of amides is 1. The number of nitrogens with two attached hydrogens (primary N) is 1. The molecule has 3 atom stereocenters. The van der Waals surface area contributed by atoms with Crippen LogP contribution >= 0.6 is 11.6 Å². The van der Waals surface area contributed by atoms with Gasteiger partial charge in [-0.05, 0) is 30.5 Å². The molecule has 0 bridgehead atoms. The number of halogens is 1. The zero-order valence-corrected chi connectivity index (χ0v) is 13.8. The molecule has 1 aromatic carbocycles. The fourth-order valence-electron chi connectivity index (χ4n) is 4.01. The van der Waals surface area contributed by atoms with Crippen LogP contribution in [-0.2, 0) is 16.1 Å². The van der Waals surface area contributed by atoms with E-state index in [0.29, 0.717) is 11.6 Å². The molecule has 1 saturated heterocycles. The molecular formula is C17H23ClN2O2. The molecule has 0 aromatic heterocycles. The number of carbonyl (C=O) groups is 1. The standard InChI is InChI=1S/C17H23ClN2O2/c1-16(2)14-13(7-4-8-22-14)17(16,19)15(21)20-10-11-5-3-6-12(18)9-11/h3,5-6,9,13-14H,4,7-8,10,19H2,1-2H3,(H,20,21). The Hall–Kier alpha value is -1.10. The molecule has 0 spiro atoms. The molecule has 3 N–H and O–H groups in total. The van der Waals surface area contributed by atoms with Crippen LogP contribution in [0, 0.1) is 11.3 Å². The van der Waals surface area contributed by atoms with Crippen molar-refractivity contribution in [2.45, 2.75) is 44.9 Å². The predicted octanol–water partition coefficient (Wildman–Crippen LogP) is 2.49. The second-order valence-electron chi connectivity index (χ2n) is 6.94. The zero-order valence-electron chi connectivity index (χ0n) is 13.1. The van der Waals surface area contributed by atoms with Crippen LogP contribution in [-0.4, -0.2) is 24.2 Å². The molecule has 5 heteroatoms. The summed E-state index contributed by atoms with van der Waals surface area (Å²) >= 11 is 5.97. The van der Waals surface area contributed by atoms with Crippen molar-refractivity contribution in [3.05, 3.63) is 34.9 Å². The van der Waals surface area contributed by atoms with E-state index in [4.69, 9.17) is 22.1 Å². The van der Waals surface area contributed by atoms with Crippen LogP contribution in [0.4, 0.5) is 0 Å². The van der Waals surface area contributed by atoms with Gasteiger partial charge in [-0.3, -0.25) is 4.79 Å². The van der Waals surface area contributed by atoms with Crippen molar-refractivity contribution in [3.63, 3.8) is 0 Å². The summed E-state index contributed by atoms with van der Waals surface area (Å²) in [5.41, 5.74) is 6.31. The fourth-order valence-corrected chi connectivity index (χ4v) is 4.23. The number of rotatable bonds is 3. The highest BCUT2D eigenvalue weighted by Gasteiger charge is 2.70. The van der Waals surface area contributed by atoms with Crippen LogP contribution in [0.5, 0.6) is 0 Å². The molecule has 1 saturated carbocycles. The molecule has 2 aliphatic rings. The smallest absolute Gasteiger partial charge is 0.241 e. The van der Waals surface area contributed by atoms with E-state index >= 15 is 0 Å². The molecule has 1 amide bonds. The number of ether oxygens (including phenoxy) is 1. The van der Waals surface area contributed by atoms with Gasteiger partial charge in [0.15, 0.2) is 0 Å². The summed E-state index contributed by atoms with van der Waals surface area (Å²) in [5.74, 6) is 0.0137. The van der Waals surface area contributed by atoms with Gasteiger partial charge in [-0.15, -0.1) is 0 Å². The van der Waals surface area contributed by atoms with E-state index in [0.717, 1.165) is 25.0 Å². The average molecular weight is 323 g/mol. The van der Waals surface area contributed by atoms with Gasteiger partial charge in [-0.2, -0.15) is 0 Å². The quantitative estimate of drug-likeness (QED) is 0.898. The van der Waals surface area contributed by atoms with Crippen molar-refractivity contribution in [2.75, 3.05) is 6.61 Å². The van der Waals surface area contributed by atoms with Gasteiger partial charge in [0.25, 0.3) is 0 Å². The van der Waals surface area contributed by atoms with Gasteiger partial charge in [-0.1, -0.05) is 37.6 Å². The fraction of sp³-hybridized carbons (Fsp3) is 0.588. The lowest BCUT2D eigenvalue weighted by molar-refractivity contribution is -0.225. The summed E-state index contributed by atoms with van der Waals surface area (Å²) < 4.78 is 5.84. The Balaban J connectivity index is 1.71. The van der Waals surface area contributed by atoms with Crippen LogP contribution in [0.3, 0.4) is 0 Å². The third-order valence-electron chi connectivity index (χ3n) is 5.40. The van der Waals surface area contributed by atoms with Crippen LogP contribution in [0.15, 0.2) is 24.3 Å². The molecule has 1 aliphatic carbocycles. The molecule has 1 heterocycles. The molecule has 22 heavy (non-hydrogen) atoms. The monoisotopic (exact) mass is 322 g/mol. The lowest BCUT2D eigenvalue weighted by Gasteiger charge is -2.65. The first-order valence-corrected chi connectivity index (χ1v) is 8.18. The normalized spacial score (nSPS) is 32.7. The number of carbonyl (C=O) groups excluding carboxylic acids is 1. The first kappa shape index (κ1) is 15.8. The number of benzene rings is 1. The van der Waals surface area contributed by atoms with Gasteiger partial charge in [0, 0.05) is 29.5 Å². The third kappa shape index (κ3) is 2.25. The van der Waals surface area contributed by atoms with Gasteiger partial charge < -0.3 is 15.8 Å². The maximum atomic E-state index is 12.8. The van der Waals surface area contributed by atoms with Gasteiger partial charge in [0.05, 0.1) is 6.10 Å². The Bertz CT molecular complexity index is 590. The van der Waals surface area contributed by atoms with E-state index < -0.39 is 5.54 Å². The summed E-state index contributed by atoms with van der Waals surface area (Å²) in [7, 11) is 0. The first-order chi connectivity index (χ1) is 10.4. The van der Waals surface area contributed by atoms with Crippen LogP contribution < -0.4 is 11.1 Å². The summed E-state index contributed by atoms with van der Waals surface area (Å²) in [4.78, 5) is 12.8. The average Bonchev–Trinajstić information content (AvgIpc) is 2.51. The Kier molecular flexibility index (Phi) is 3.96. The van der Waals surface area contributed by atoms with E-state index in [1.165, 1.54) is 0 Å². The van der Waals surface area contributed by atoms with Crippen molar-refractivity contribution in [1.82, 2.24) is 5.32 Å². The van der Waals surface area contributed by atoms with Gasteiger partial charge >= 0.3 is 0 Å². The van der Waals surface area contributed by atoms with E-state index in [2.05, 4.69) is 5.32 Å². The summed E-state index contributed by atoms with van der Waals surface area (Å²) in [6.07, 6.45) is 2.01. The van der Waals surface area contributed by atoms with E-state index in [1.54, 1.807) is 0 Å². The number of nitrogens with one attached hydrogen (secondary N) is 1. The van der Waals surface area contributed by atoms with Crippen molar-refractivity contribution in [3.8, 4) is 0 Å². The highest BCUT2D eigenvalue weighted by atomic mass is 35.5. The Labute approximate surface area is 136 Å². The van der Waals surface area contributed by atoms with Gasteiger partial charge in [-0.25, -0.2) is 0 Å².